The summed E-state index contributed by atoms with van der Waals surface area (Å²) >= 11 is 5.24. The van der Waals surface area contributed by atoms with Crippen LogP contribution >= 0.6 is 27.7 Å². The molecule has 2 fully saturated rings. The molecule has 3 aliphatic heterocycles. The van der Waals surface area contributed by atoms with E-state index in [9.17, 15) is 9.59 Å². The Morgan fingerprint density at radius 1 is 1.07 bits per heavy atom. The molecule has 2 aromatic carbocycles. The van der Waals surface area contributed by atoms with Gasteiger partial charge in [-0.05, 0) is 41.7 Å². The normalized spacial score (nSPS) is 26.3. The number of amides is 2. The number of carbonyl (C=O) groups is 2. The number of benzene rings is 2. The fraction of sp³-hybridized carbons (Fsp3) is 0.364. The van der Waals surface area contributed by atoms with Gasteiger partial charge in [-0.3, -0.25) is 9.59 Å². The summed E-state index contributed by atoms with van der Waals surface area (Å²) in [6.07, 6.45) is 2.16. The molecule has 0 bridgehead atoms. The van der Waals surface area contributed by atoms with Crippen molar-refractivity contribution >= 4 is 39.5 Å². The molecular weight excluding hydrogens is 436 g/mol. The zero-order valence-electron chi connectivity index (χ0n) is 15.4. The summed E-state index contributed by atoms with van der Waals surface area (Å²) in [5.74, 6) is 0.860. The smallest absolute Gasteiger partial charge is 0.246 e. The van der Waals surface area contributed by atoms with Gasteiger partial charge in [-0.2, -0.15) is 0 Å². The average Bonchev–Trinajstić information content (AvgIpc) is 3.27. The van der Waals surface area contributed by atoms with E-state index >= 15 is 0 Å². The molecule has 6 heteroatoms. The van der Waals surface area contributed by atoms with Crippen LogP contribution in [0.1, 0.15) is 29.5 Å². The zero-order chi connectivity index (χ0) is 19.3. The minimum absolute atomic E-state index is 0.0937. The number of hydrogen-bond acceptors (Lipinski definition) is 3. The van der Waals surface area contributed by atoms with Crippen LogP contribution < -0.4 is 0 Å². The lowest BCUT2D eigenvalue weighted by molar-refractivity contribution is -0.144. The predicted molar refractivity (Wildman–Crippen MR) is 114 cm³/mol. The van der Waals surface area contributed by atoms with Gasteiger partial charge in [-0.15, -0.1) is 11.8 Å². The van der Waals surface area contributed by atoms with E-state index < -0.39 is 4.87 Å². The topological polar surface area (TPSA) is 40.6 Å². The molecule has 0 aromatic heterocycles. The average molecular weight is 457 g/mol. The Labute approximate surface area is 177 Å². The lowest BCUT2D eigenvalue weighted by Crippen LogP contribution is -2.52. The van der Waals surface area contributed by atoms with Crippen LogP contribution in [0.5, 0.6) is 0 Å². The number of carbonyl (C=O) groups excluding carboxylic acids is 2. The molecule has 2 saturated heterocycles. The summed E-state index contributed by atoms with van der Waals surface area (Å²) in [5, 5.41) is 0. The SMILES string of the molecule is O=C([C@H]1CS[C@]2(c3ccc(Br)cc3)CCC(=O)N12)N1CCc2ccccc2C1. The number of thioether (sulfide) groups is 1. The van der Waals surface area contributed by atoms with E-state index in [0.717, 1.165) is 29.4 Å². The second-order valence-corrected chi connectivity index (χ2v) is 9.87. The third-order valence-electron chi connectivity index (χ3n) is 6.15. The molecule has 144 valence electrons. The van der Waals surface area contributed by atoms with Crippen molar-refractivity contribution in [2.24, 2.45) is 0 Å². The Kier molecular flexibility index (Phi) is 4.51. The molecule has 0 N–H and O–H groups in total. The minimum Gasteiger partial charge on any atom is -0.336 e. The maximum Gasteiger partial charge on any atom is 0.246 e. The quantitative estimate of drug-likeness (QED) is 0.687. The third-order valence-corrected chi connectivity index (χ3v) is 8.28. The Morgan fingerprint density at radius 2 is 1.82 bits per heavy atom. The molecule has 2 aromatic rings. The van der Waals surface area contributed by atoms with Crippen molar-refractivity contribution in [2.75, 3.05) is 12.3 Å². The molecule has 2 amide bonds. The van der Waals surface area contributed by atoms with Crippen molar-refractivity contribution in [1.82, 2.24) is 9.80 Å². The van der Waals surface area contributed by atoms with Gasteiger partial charge in [0.2, 0.25) is 11.8 Å². The molecule has 28 heavy (non-hydrogen) atoms. The molecule has 0 spiro atoms. The fourth-order valence-corrected chi connectivity index (χ4v) is 6.64. The number of halogens is 1. The van der Waals surface area contributed by atoms with Crippen LogP contribution in [0.25, 0.3) is 0 Å². The Bertz CT molecular complexity index is 948. The Hall–Kier alpha value is -1.79. The number of nitrogens with zero attached hydrogens (tertiary/aromatic N) is 2. The summed E-state index contributed by atoms with van der Waals surface area (Å²) in [7, 11) is 0. The lowest BCUT2D eigenvalue weighted by Gasteiger charge is -2.37. The second kappa shape index (κ2) is 6.92. The summed E-state index contributed by atoms with van der Waals surface area (Å²) in [5.41, 5.74) is 3.67. The van der Waals surface area contributed by atoms with Crippen LogP contribution in [-0.4, -0.2) is 40.0 Å². The molecule has 0 saturated carbocycles. The highest BCUT2D eigenvalue weighted by atomic mass is 79.9. The molecule has 2 atom stereocenters. The maximum absolute atomic E-state index is 13.4. The number of fused-ring (bicyclic) bond motifs is 2. The van der Waals surface area contributed by atoms with Crippen molar-refractivity contribution in [3.05, 3.63) is 69.7 Å². The first-order valence-corrected chi connectivity index (χ1v) is 11.4. The van der Waals surface area contributed by atoms with E-state index in [0.29, 0.717) is 18.7 Å². The van der Waals surface area contributed by atoms with Gasteiger partial charge < -0.3 is 9.80 Å². The summed E-state index contributed by atoms with van der Waals surface area (Å²) in [4.78, 5) is 29.7. The van der Waals surface area contributed by atoms with E-state index in [2.05, 4.69) is 46.3 Å². The molecule has 0 aliphatic carbocycles. The minimum atomic E-state index is -0.397. The van der Waals surface area contributed by atoms with Crippen molar-refractivity contribution in [3.63, 3.8) is 0 Å². The van der Waals surface area contributed by atoms with Crippen LogP contribution in [0, 0.1) is 0 Å². The Balaban J connectivity index is 1.43. The van der Waals surface area contributed by atoms with E-state index in [1.807, 2.05) is 28.0 Å². The van der Waals surface area contributed by atoms with Gasteiger partial charge in [0.1, 0.15) is 10.9 Å². The van der Waals surface area contributed by atoms with Gasteiger partial charge in [0, 0.05) is 29.7 Å². The molecular formula is C22H21BrN2O2S. The first-order chi connectivity index (χ1) is 13.6. The standard InChI is InChI=1S/C22H21BrN2O2S/c23-18-7-5-17(6-8-18)22-11-9-20(26)25(22)19(14-28-22)21(27)24-12-10-15-3-1-2-4-16(15)13-24/h1-8,19H,9-14H2/t19-,22+/m1/s1. The number of rotatable bonds is 2. The van der Waals surface area contributed by atoms with Crippen LogP contribution in [0.2, 0.25) is 0 Å². The highest BCUT2D eigenvalue weighted by Crippen LogP contribution is 2.54. The van der Waals surface area contributed by atoms with Gasteiger partial charge in [-0.1, -0.05) is 52.3 Å². The van der Waals surface area contributed by atoms with Gasteiger partial charge in [0.25, 0.3) is 0 Å². The van der Waals surface area contributed by atoms with E-state index in [1.54, 1.807) is 11.8 Å². The zero-order valence-corrected chi connectivity index (χ0v) is 17.8. The van der Waals surface area contributed by atoms with Crippen molar-refractivity contribution < 1.29 is 9.59 Å². The van der Waals surface area contributed by atoms with Gasteiger partial charge >= 0.3 is 0 Å². The van der Waals surface area contributed by atoms with Crippen molar-refractivity contribution in [2.45, 2.75) is 36.7 Å². The summed E-state index contributed by atoms with van der Waals surface area (Å²) < 4.78 is 1.02. The van der Waals surface area contributed by atoms with E-state index in [1.165, 1.54) is 11.1 Å². The third kappa shape index (κ3) is 2.80. The highest BCUT2D eigenvalue weighted by molar-refractivity contribution is 9.10. The first-order valence-electron chi connectivity index (χ1n) is 9.66. The molecule has 0 unspecified atom stereocenters. The van der Waals surface area contributed by atoms with E-state index in [4.69, 9.17) is 0 Å². The molecule has 4 nitrogen and oxygen atoms in total. The van der Waals surface area contributed by atoms with E-state index in [-0.39, 0.29) is 17.9 Å². The van der Waals surface area contributed by atoms with Gasteiger partial charge in [0.05, 0.1) is 0 Å². The fourth-order valence-electron chi connectivity index (χ4n) is 4.73. The molecule has 5 rings (SSSR count). The molecule has 3 heterocycles. The van der Waals surface area contributed by atoms with Crippen LogP contribution in [0.15, 0.2) is 53.0 Å². The largest absolute Gasteiger partial charge is 0.336 e. The predicted octanol–water partition coefficient (Wildman–Crippen LogP) is 3.92. The van der Waals surface area contributed by atoms with Crippen LogP contribution in [0.4, 0.5) is 0 Å². The first kappa shape index (κ1) is 18.3. The summed E-state index contributed by atoms with van der Waals surface area (Å²) in [6, 6.07) is 16.1. The number of hydrogen-bond donors (Lipinski definition) is 0. The molecule has 3 aliphatic rings. The maximum atomic E-state index is 13.4. The monoisotopic (exact) mass is 456 g/mol. The van der Waals surface area contributed by atoms with Crippen LogP contribution in [0.3, 0.4) is 0 Å². The lowest BCUT2D eigenvalue weighted by atomic mass is 9.99. The van der Waals surface area contributed by atoms with Gasteiger partial charge in [-0.25, -0.2) is 0 Å². The van der Waals surface area contributed by atoms with Crippen molar-refractivity contribution in [3.8, 4) is 0 Å². The summed E-state index contributed by atoms with van der Waals surface area (Å²) in [6.45, 7) is 1.37. The van der Waals surface area contributed by atoms with Crippen LogP contribution in [-0.2, 0) is 27.4 Å². The highest BCUT2D eigenvalue weighted by Gasteiger charge is 2.57. The van der Waals surface area contributed by atoms with Gasteiger partial charge in [0.15, 0.2) is 0 Å². The second-order valence-electron chi connectivity index (χ2n) is 7.66. The van der Waals surface area contributed by atoms with Crippen molar-refractivity contribution in [1.29, 1.82) is 0 Å². The molecule has 0 radical (unpaired) electrons. The Morgan fingerprint density at radius 3 is 2.61 bits per heavy atom.